The third kappa shape index (κ3) is 6.84. The zero-order valence-corrected chi connectivity index (χ0v) is 17.0. The molecule has 13 nitrogen and oxygen atoms in total. The molecule has 1 saturated heterocycles. The molecule has 0 saturated carbocycles. The monoisotopic (exact) mass is 436 g/mol. The number of carboxylic acid groups (broad SMARTS) is 1. The molecule has 0 aromatic heterocycles. The topological polar surface area (TPSA) is 232 Å². The molecule has 0 radical (unpaired) electrons. The highest BCUT2D eigenvalue weighted by Crippen LogP contribution is 2.23. The lowest BCUT2D eigenvalue weighted by Gasteiger charge is -2.42. The van der Waals surface area contributed by atoms with Gasteiger partial charge in [-0.2, -0.15) is 0 Å². The highest BCUT2D eigenvalue weighted by Gasteiger charge is 2.44. The quantitative estimate of drug-likeness (QED) is 0.165. The molecule has 0 aromatic carbocycles. The van der Waals surface area contributed by atoms with Crippen LogP contribution in [0.4, 0.5) is 0 Å². The van der Waals surface area contributed by atoms with Crippen molar-refractivity contribution in [3.8, 4) is 0 Å². The average molecular weight is 436 g/mol. The summed E-state index contributed by atoms with van der Waals surface area (Å²) >= 11 is 0. The molecule has 8 atom stereocenters. The number of primary amides is 1. The molecule has 1 unspecified atom stereocenters. The Bertz CT molecular complexity index is 606. The van der Waals surface area contributed by atoms with E-state index in [1.54, 1.807) is 0 Å². The second kappa shape index (κ2) is 11.5. The van der Waals surface area contributed by atoms with E-state index in [1.165, 1.54) is 13.8 Å². The molecule has 1 fully saturated rings. The van der Waals surface area contributed by atoms with Crippen LogP contribution in [0, 0.1) is 0 Å². The van der Waals surface area contributed by atoms with Crippen molar-refractivity contribution >= 4 is 17.8 Å². The molecule has 0 aromatic rings. The summed E-state index contributed by atoms with van der Waals surface area (Å²) in [6.45, 7) is 2.04. The van der Waals surface area contributed by atoms with Crippen LogP contribution in [-0.4, -0.2) is 105 Å². The molecule has 0 bridgehead atoms. The Morgan fingerprint density at radius 1 is 1.23 bits per heavy atom. The number of nitrogens with two attached hydrogens (primary N) is 3. The number of carbonyl (C=O) groups excluding carboxylic acids is 2. The van der Waals surface area contributed by atoms with Crippen molar-refractivity contribution < 1.29 is 44.3 Å². The highest BCUT2D eigenvalue weighted by atomic mass is 16.6. The van der Waals surface area contributed by atoms with Gasteiger partial charge in [0.25, 0.3) is 0 Å². The van der Waals surface area contributed by atoms with Crippen molar-refractivity contribution in [3.05, 3.63) is 0 Å². The number of rotatable bonds is 11. The number of ether oxygens (including phenoxy) is 2. The number of carboxylic acids is 1. The van der Waals surface area contributed by atoms with Crippen LogP contribution < -0.4 is 17.2 Å². The number of hydrogen-bond donors (Lipinski definition) is 7. The number of amides is 2. The number of aliphatic hydroxyl groups is 3. The van der Waals surface area contributed by atoms with Gasteiger partial charge in [0.1, 0.15) is 24.4 Å². The van der Waals surface area contributed by atoms with E-state index >= 15 is 0 Å². The largest absolute Gasteiger partial charge is 0.480 e. The summed E-state index contributed by atoms with van der Waals surface area (Å²) in [4.78, 5) is 36.3. The van der Waals surface area contributed by atoms with E-state index < -0.39 is 73.2 Å². The van der Waals surface area contributed by atoms with E-state index in [9.17, 15) is 34.8 Å². The number of hydrogen-bond acceptors (Lipinski definition) is 10. The first-order valence-corrected chi connectivity index (χ1v) is 9.51. The van der Waals surface area contributed by atoms with Gasteiger partial charge in [0.05, 0.1) is 24.8 Å². The van der Waals surface area contributed by atoms with Crippen molar-refractivity contribution in [2.45, 2.75) is 75.5 Å². The number of nitrogens with zero attached hydrogens (tertiary/aromatic N) is 1. The van der Waals surface area contributed by atoms with Crippen LogP contribution in [0.1, 0.15) is 26.7 Å². The van der Waals surface area contributed by atoms with Crippen LogP contribution in [0.25, 0.3) is 0 Å². The van der Waals surface area contributed by atoms with Gasteiger partial charge in [-0.15, -0.1) is 0 Å². The van der Waals surface area contributed by atoms with Gasteiger partial charge in [0.2, 0.25) is 11.8 Å². The maximum Gasteiger partial charge on any atom is 0.326 e. The van der Waals surface area contributed by atoms with Gasteiger partial charge in [-0.25, -0.2) is 4.79 Å². The number of carbonyl (C=O) groups is 3. The van der Waals surface area contributed by atoms with Gasteiger partial charge in [-0.05, 0) is 20.3 Å². The molecule has 1 aliphatic heterocycles. The summed E-state index contributed by atoms with van der Waals surface area (Å²) in [5.41, 5.74) is 16.5. The summed E-state index contributed by atoms with van der Waals surface area (Å²) in [6.07, 6.45) is -6.53. The van der Waals surface area contributed by atoms with E-state index in [1.807, 2.05) is 0 Å². The van der Waals surface area contributed by atoms with Crippen molar-refractivity contribution in [1.29, 1.82) is 0 Å². The maximum atomic E-state index is 12.5. The first-order chi connectivity index (χ1) is 13.9. The van der Waals surface area contributed by atoms with Gasteiger partial charge in [-0.1, -0.05) is 0 Å². The Labute approximate surface area is 173 Å². The zero-order valence-electron chi connectivity index (χ0n) is 17.0. The first-order valence-electron chi connectivity index (χ1n) is 9.51. The van der Waals surface area contributed by atoms with E-state index in [0.717, 1.165) is 4.90 Å². The standard InChI is InChI=1S/C17H32N4O9/c1-7(29-14-12(20)17(28)30-10(6-22)13(14)24)5-21(15(25)8(2)18)9(16(26)27)3-4-11(19)23/h7-10,12-14,17,22,24,28H,3-6,18,20H2,1-2H3,(H2,19,23)(H,26,27)/t7?,8-,9+,10+,12+,13+,14+,17-/m0/s1. The summed E-state index contributed by atoms with van der Waals surface area (Å²) in [6, 6.07) is -3.57. The molecule has 2 amide bonds. The fraction of sp³-hybridized carbons (Fsp3) is 0.824. The fourth-order valence-electron chi connectivity index (χ4n) is 3.19. The van der Waals surface area contributed by atoms with Crippen LogP contribution >= 0.6 is 0 Å². The summed E-state index contributed by atoms with van der Waals surface area (Å²) in [5, 5.41) is 39.0. The third-order valence-corrected chi connectivity index (χ3v) is 4.76. The Balaban J connectivity index is 3.00. The second-order valence-electron chi connectivity index (χ2n) is 7.37. The summed E-state index contributed by atoms with van der Waals surface area (Å²) in [5.74, 6) is -2.76. The molecule has 174 valence electrons. The fourth-order valence-corrected chi connectivity index (χ4v) is 3.19. The van der Waals surface area contributed by atoms with Gasteiger partial charge in [0, 0.05) is 13.0 Å². The molecular formula is C17H32N4O9. The van der Waals surface area contributed by atoms with Gasteiger partial charge in [0.15, 0.2) is 6.29 Å². The van der Waals surface area contributed by atoms with Crippen molar-refractivity contribution in [2.24, 2.45) is 17.2 Å². The normalized spacial score (nSPS) is 29.6. The second-order valence-corrected chi connectivity index (χ2v) is 7.37. The van der Waals surface area contributed by atoms with Crippen molar-refractivity contribution in [3.63, 3.8) is 0 Å². The van der Waals surface area contributed by atoms with E-state index in [4.69, 9.17) is 26.7 Å². The molecular weight excluding hydrogens is 404 g/mol. The zero-order chi connectivity index (χ0) is 23.2. The molecule has 1 rings (SSSR count). The molecule has 1 aliphatic rings. The van der Waals surface area contributed by atoms with Gasteiger partial charge in [-0.3, -0.25) is 9.59 Å². The Morgan fingerprint density at radius 2 is 1.83 bits per heavy atom. The minimum atomic E-state index is -1.51. The predicted molar refractivity (Wildman–Crippen MR) is 101 cm³/mol. The smallest absolute Gasteiger partial charge is 0.326 e. The summed E-state index contributed by atoms with van der Waals surface area (Å²) < 4.78 is 10.7. The molecule has 13 heteroatoms. The maximum absolute atomic E-state index is 12.5. The molecule has 10 N–H and O–H groups in total. The van der Waals surface area contributed by atoms with Gasteiger partial charge < -0.3 is 52.0 Å². The number of aliphatic hydroxyl groups excluding tert-OH is 3. The molecule has 30 heavy (non-hydrogen) atoms. The predicted octanol–water partition coefficient (Wildman–Crippen LogP) is -3.95. The Hall–Kier alpha value is -1.87. The van der Waals surface area contributed by atoms with Crippen LogP contribution in [0.15, 0.2) is 0 Å². The van der Waals surface area contributed by atoms with Crippen LogP contribution in [0.2, 0.25) is 0 Å². The molecule has 1 heterocycles. The molecule has 0 aliphatic carbocycles. The lowest BCUT2D eigenvalue weighted by molar-refractivity contribution is -0.263. The van der Waals surface area contributed by atoms with Crippen LogP contribution in [0.5, 0.6) is 0 Å². The van der Waals surface area contributed by atoms with Gasteiger partial charge >= 0.3 is 5.97 Å². The SMILES string of the molecule is CC(CN(C(=O)[C@H](C)N)[C@H](CCC(N)=O)C(=O)O)O[C@@H]1[C@@H](N)[C@@H](O)O[C@H](CO)[C@H]1O. The Kier molecular flexibility index (Phi) is 10.0. The lowest BCUT2D eigenvalue weighted by atomic mass is 9.97. The van der Waals surface area contributed by atoms with Crippen molar-refractivity contribution in [1.82, 2.24) is 4.90 Å². The van der Waals surface area contributed by atoms with E-state index in [0.29, 0.717) is 0 Å². The van der Waals surface area contributed by atoms with Crippen molar-refractivity contribution in [2.75, 3.05) is 13.2 Å². The van der Waals surface area contributed by atoms with E-state index in [2.05, 4.69) is 0 Å². The first kappa shape index (κ1) is 26.2. The molecule has 0 spiro atoms. The minimum Gasteiger partial charge on any atom is -0.480 e. The summed E-state index contributed by atoms with van der Waals surface area (Å²) in [7, 11) is 0. The number of aliphatic carboxylic acids is 1. The third-order valence-electron chi connectivity index (χ3n) is 4.76. The Morgan fingerprint density at radius 3 is 2.30 bits per heavy atom. The van der Waals surface area contributed by atoms with E-state index in [-0.39, 0.29) is 19.4 Å². The highest BCUT2D eigenvalue weighted by molar-refractivity contribution is 5.87. The van der Waals surface area contributed by atoms with Crippen LogP contribution in [-0.2, 0) is 23.9 Å². The van der Waals surface area contributed by atoms with Crippen LogP contribution in [0.3, 0.4) is 0 Å². The average Bonchev–Trinajstić information content (AvgIpc) is 2.66. The lowest BCUT2D eigenvalue weighted by Crippen LogP contribution is -2.63. The minimum absolute atomic E-state index is 0.222.